The van der Waals surface area contributed by atoms with Crippen LogP contribution in [0.25, 0.3) is 0 Å². The van der Waals surface area contributed by atoms with Crippen molar-refractivity contribution in [1.29, 1.82) is 0 Å². The standard InChI is InChI=1S/C34H41N3O7S.H2/c1-42-32(38)18-25-20-37(21-25)45(40,41)30-12-10-24(11-13-30)23-43-29-9-5-8-28(19-29)33(27-6-3-2-4-7-27)35-34(39)44-31-22-36-16-14-26(31)15-17-36;/h2-13,19,25-26,31,33,40-41H,14-18,20-23H2,1H3,(H,35,39);1H/t31-,33-;/m0./s1. The summed E-state index contributed by atoms with van der Waals surface area (Å²) < 4.78 is 40.1. The number of carbonyl (C=O) groups is 2. The molecular formula is C34H43N3O7S. The number of benzene rings is 3. The number of nitrogens with zero attached hydrogens (tertiary/aromatic N) is 2. The first-order chi connectivity index (χ1) is 21.8. The number of alkyl carbamates (subject to hydrolysis) is 1. The smallest absolute Gasteiger partial charge is 0.408 e. The zero-order valence-corrected chi connectivity index (χ0v) is 26.2. The van der Waals surface area contributed by atoms with Crippen LogP contribution in [0.5, 0.6) is 5.75 Å². The van der Waals surface area contributed by atoms with Crippen molar-refractivity contribution in [3.05, 3.63) is 95.6 Å². The van der Waals surface area contributed by atoms with E-state index in [1.807, 2.05) is 66.7 Å². The Kier molecular flexibility index (Phi) is 9.62. The van der Waals surface area contributed by atoms with Gasteiger partial charge in [0.15, 0.2) is 0 Å². The summed E-state index contributed by atoms with van der Waals surface area (Å²) in [4.78, 5) is 27.4. The van der Waals surface area contributed by atoms with Gasteiger partial charge in [0.1, 0.15) is 18.5 Å². The van der Waals surface area contributed by atoms with Crippen LogP contribution in [-0.2, 0) is 20.9 Å². The SMILES string of the molecule is COC(=O)CC1CN(S(O)(O)c2ccc(COc3cccc([C@@H](NC(=O)O[C@H]4CN5CCC4CC5)c4ccccc4)c3)cc2)C1.[HH]. The maximum absolute atomic E-state index is 13.1. The van der Waals surface area contributed by atoms with Crippen LogP contribution in [0, 0.1) is 11.8 Å². The predicted molar refractivity (Wildman–Crippen MR) is 173 cm³/mol. The average molecular weight is 638 g/mol. The molecule has 7 rings (SSSR count). The van der Waals surface area contributed by atoms with Crippen LogP contribution in [0.1, 0.15) is 43.4 Å². The number of carbonyl (C=O) groups excluding carboxylic acids is 2. The molecule has 45 heavy (non-hydrogen) atoms. The van der Waals surface area contributed by atoms with E-state index in [0.717, 1.165) is 49.2 Å². The minimum atomic E-state index is -3.13. The molecule has 11 heteroatoms. The van der Waals surface area contributed by atoms with Gasteiger partial charge in [-0.25, -0.2) is 9.10 Å². The largest absolute Gasteiger partial charge is 0.489 e. The van der Waals surface area contributed by atoms with Gasteiger partial charge in [-0.2, -0.15) is 0 Å². The second kappa shape index (κ2) is 13.8. The Bertz CT molecular complexity index is 1470. The molecule has 2 bridgehead atoms. The Morgan fingerprint density at radius 3 is 2.33 bits per heavy atom. The lowest BCUT2D eigenvalue weighted by molar-refractivity contribution is -0.142. The van der Waals surface area contributed by atoms with E-state index in [0.29, 0.717) is 29.7 Å². The van der Waals surface area contributed by atoms with E-state index in [9.17, 15) is 18.7 Å². The van der Waals surface area contributed by atoms with Gasteiger partial charge < -0.3 is 19.5 Å². The molecule has 242 valence electrons. The third-order valence-electron chi connectivity index (χ3n) is 9.05. The van der Waals surface area contributed by atoms with Gasteiger partial charge in [-0.05, 0) is 78.7 Å². The number of hydrogen-bond donors (Lipinski definition) is 3. The molecule has 3 aromatic carbocycles. The van der Waals surface area contributed by atoms with E-state index in [2.05, 4.69) is 10.2 Å². The fourth-order valence-corrected chi connectivity index (χ4v) is 8.02. The highest BCUT2D eigenvalue weighted by Crippen LogP contribution is 2.55. The zero-order valence-electron chi connectivity index (χ0n) is 25.4. The molecular weight excluding hydrogens is 594 g/mol. The first-order valence-corrected chi connectivity index (χ1v) is 16.9. The molecule has 0 unspecified atom stereocenters. The van der Waals surface area contributed by atoms with Crippen LogP contribution < -0.4 is 10.1 Å². The summed E-state index contributed by atoms with van der Waals surface area (Å²) in [6.45, 7) is 4.09. The van der Waals surface area contributed by atoms with Crippen molar-refractivity contribution in [1.82, 2.24) is 14.5 Å². The molecule has 0 radical (unpaired) electrons. The highest BCUT2D eigenvalue weighted by Gasteiger charge is 2.38. The summed E-state index contributed by atoms with van der Waals surface area (Å²) in [5, 5.41) is 3.10. The number of rotatable bonds is 11. The summed E-state index contributed by atoms with van der Waals surface area (Å²) in [5.74, 6) is 0.835. The van der Waals surface area contributed by atoms with Crippen molar-refractivity contribution < 1.29 is 34.3 Å². The molecule has 0 aliphatic carbocycles. The fraction of sp³-hybridized carbons (Fsp3) is 0.412. The van der Waals surface area contributed by atoms with Crippen LogP contribution in [0.2, 0.25) is 0 Å². The van der Waals surface area contributed by atoms with Crippen molar-refractivity contribution in [3.63, 3.8) is 0 Å². The topological polar surface area (TPSA) is 121 Å². The normalized spacial score (nSPS) is 22.6. The van der Waals surface area contributed by atoms with Crippen molar-refractivity contribution in [2.45, 2.75) is 42.9 Å². The molecule has 4 saturated heterocycles. The zero-order chi connectivity index (χ0) is 31.4. The van der Waals surface area contributed by atoms with Crippen LogP contribution in [0.3, 0.4) is 0 Å². The van der Waals surface area contributed by atoms with E-state index in [1.54, 1.807) is 16.4 Å². The Hall–Kier alpha value is -3.61. The molecule has 0 saturated carbocycles. The Balaban J connectivity index is 0.00000417. The molecule has 4 fully saturated rings. The fourth-order valence-electron chi connectivity index (χ4n) is 6.38. The molecule has 2 atom stereocenters. The van der Waals surface area contributed by atoms with Crippen molar-refractivity contribution in [2.24, 2.45) is 11.8 Å². The number of nitrogens with one attached hydrogen (secondary N) is 1. The van der Waals surface area contributed by atoms with Gasteiger partial charge in [-0.3, -0.25) is 18.8 Å². The molecule has 3 N–H and O–H groups in total. The van der Waals surface area contributed by atoms with Gasteiger partial charge >= 0.3 is 12.1 Å². The third kappa shape index (κ3) is 7.45. The lowest BCUT2D eigenvalue weighted by atomic mass is 9.86. The number of esters is 1. The minimum absolute atomic E-state index is 0. The predicted octanol–water partition coefficient (Wildman–Crippen LogP) is 5.94. The van der Waals surface area contributed by atoms with Crippen LogP contribution >= 0.6 is 10.8 Å². The summed E-state index contributed by atoms with van der Waals surface area (Å²) >= 11 is 0. The molecule has 1 amide bonds. The Morgan fingerprint density at radius 2 is 1.67 bits per heavy atom. The van der Waals surface area contributed by atoms with E-state index in [-0.39, 0.29) is 32.4 Å². The van der Waals surface area contributed by atoms with E-state index in [1.165, 1.54) is 7.11 Å². The lowest BCUT2D eigenvalue weighted by Gasteiger charge is -2.51. The number of methoxy groups -OCH3 is 1. The summed E-state index contributed by atoms with van der Waals surface area (Å²) in [6, 6.07) is 24.1. The molecule has 4 aliphatic heterocycles. The first-order valence-electron chi connectivity index (χ1n) is 15.4. The number of ether oxygens (including phenoxy) is 3. The molecule has 3 aromatic rings. The van der Waals surface area contributed by atoms with Gasteiger partial charge in [0.05, 0.1) is 24.5 Å². The second-order valence-corrected chi connectivity index (χ2v) is 14.1. The maximum Gasteiger partial charge on any atom is 0.408 e. The first kappa shape index (κ1) is 31.4. The van der Waals surface area contributed by atoms with Gasteiger partial charge in [-0.1, -0.05) is 54.6 Å². The van der Waals surface area contributed by atoms with Crippen molar-refractivity contribution in [3.8, 4) is 5.75 Å². The quantitative estimate of drug-likeness (QED) is 0.219. The average Bonchev–Trinajstić information content (AvgIpc) is 3.05. The van der Waals surface area contributed by atoms with Crippen LogP contribution in [-0.4, -0.2) is 76.3 Å². The van der Waals surface area contributed by atoms with Crippen LogP contribution in [0.15, 0.2) is 83.8 Å². The number of amides is 1. The van der Waals surface area contributed by atoms with Gasteiger partial charge in [0, 0.05) is 21.1 Å². The molecule has 4 aliphatic rings. The highest BCUT2D eigenvalue weighted by molar-refractivity contribution is 8.22. The van der Waals surface area contributed by atoms with Crippen molar-refractivity contribution in [2.75, 3.05) is 39.8 Å². The summed E-state index contributed by atoms with van der Waals surface area (Å²) in [6.07, 6.45) is 1.91. The molecule has 0 spiro atoms. The monoisotopic (exact) mass is 637 g/mol. The summed E-state index contributed by atoms with van der Waals surface area (Å²) in [7, 11) is -1.78. The summed E-state index contributed by atoms with van der Waals surface area (Å²) in [5.41, 5.74) is 2.67. The molecule has 10 nitrogen and oxygen atoms in total. The molecule has 0 aromatic heterocycles. The van der Waals surface area contributed by atoms with Gasteiger partial charge in [-0.15, -0.1) is 10.8 Å². The van der Waals surface area contributed by atoms with Crippen LogP contribution in [0.4, 0.5) is 4.79 Å². The number of hydrogen-bond acceptors (Lipinski definition) is 9. The maximum atomic E-state index is 13.1. The molecule has 4 heterocycles. The third-order valence-corrected chi connectivity index (χ3v) is 11.0. The Morgan fingerprint density at radius 1 is 0.956 bits per heavy atom. The van der Waals surface area contributed by atoms with E-state index >= 15 is 0 Å². The van der Waals surface area contributed by atoms with Gasteiger partial charge in [0.2, 0.25) is 0 Å². The Labute approximate surface area is 267 Å². The second-order valence-electron chi connectivity index (χ2n) is 12.1. The lowest BCUT2D eigenvalue weighted by Crippen LogP contribution is -2.52. The van der Waals surface area contributed by atoms with E-state index in [4.69, 9.17) is 14.2 Å². The van der Waals surface area contributed by atoms with E-state index < -0.39 is 22.9 Å². The number of piperidine rings is 3. The minimum Gasteiger partial charge on any atom is -0.489 e. The van der Waals surface area contributed by atoms with Crippen molar-refractivity contribution >= 4 is 22.8 Å². The van der Waals surface area contributed by atoms with Gasteiger partial charge in [0.25, 0.3) is 0 Å². The highest BCUT2D eigenvalue weighted by atomic mass is 32.3. The number of fused-ring (bicyclic) bond motifs is 3.